The highest BCUT2D eigenvalue weighted by Crippen LogP contribution is 2.41. The number of aromatic nitrogens is 2. The number of imidazole rings is 1. The topological polar surface area (TPSA) is 96.9 Å². The first-order chi connectivity index (χ1) is 22.4. The zero-order chi connectivity index (χ0) is 31.7. The van der Waals surface area contributed by atoms with Gasteiger partial charge in [-0.05, 0) is 86.2 Å². The molecule has 2 fully saturated rings. The fourth-order valence-corrected chi connectivity index (χ4v) is 7.80. The predicted octanol–water partition coefficient (Wildman–Crippen LogP) is 6.31. The lowest BCUT2D eigenvalue weighted by Gasteiger charge is -2.49. The Morgan fingerprint density at radius 2 is 1.89 bits per heavy atom. The molecule has 4 aromatic rings. The number of rotatable bonds is 7. The number of aliphatic hydroxyl groups is 1. The van der Waals surface area contributed by atoms with Crippen LogP contribution in [0.25, 0.3) is 11.0 Å². The molecule has 1 amide bonds. The lowest BCUT2D eigenvalue weighted by Crippen LogP contribution is -2.52. The van der Waals surface area contributed by atoms with Crippen LogP contribution in [0, 0.1) is 12.3 Å². The summed E-state index contributed by atoms with van der Waals surface area (Å²) in [7, 11) is 0. The lowest BCUT2D eigenvalue weighted by molar-refractivity contribution is -0.120. The molecule has 1 aromatic heterocycles. The van der Waals surface area contributed by atoms with Crippen molar-refractivity contribution in [3.8, 4) is 0 Å². The molecular formula is C37H41ClN6O2. The van der Waals surface area contributed by atoms with Crippen molar-refractivity contribution in [2.45, 2.75) is 51.2 Å². The zero-order valence-electron chi connectivity index (χ0n) is 26.3. The van der Waals surface area contributed by atoms with E-state index in [1.165, 1.54) is 36.9 Å². The van der Waals surface area contributed by atoms with Crippen LogP contribution in [0.4, 0.5) is 5.69 Å². The minimum Gasteiger partial charge on any atom is -0.386 e. The largest absolute Gasteiger partial charge is 0.386 e. The highest BCUT2D eigenvalue weighted by Gasteiger charge is 2.39. The molecule has 3 N–H and O–H groups in total. The number of anilines is 1. The molecule has 7 rings (SSSR count). The second kappa shape index (κ2) is 13.0. The molecule has 0 aliphatic carbocycles. The van der Waals surface area contributed by atoms with Gasteiger partial charge in [0.15, 0.2) is 0 Å². The van der Waals surface area contributed by atoms with E-state index in [0.29, 0.717) is 27.5 Å². The third-order valence-electron chi connectivity index (χ3n) is 9.79. The van der Waals surface area contributed by atoms with Crippen molar-refractivity contribution in [1.82, 2.24) is 20.2 Å². The standard InChI is InChI=1S/C37H41ClN6O2/c1-25-18-29(44-17-7-14-37(24-44)13-6-16-43(23-37)22-26-8-3-2-4-9-26)20-31-34(25)42-35(41-31)33-30(12-15-39-36(33)46)40-21-32(45)27-10-5-11-28(38)19-27/h2-5,8-12,15,18-20,32-33,45H,6-7,13-14,16-17,21-24H2,1H3,(H,39,46)(H,41,42)/t32-,33?,37?/m1/s1. The summed E-state index contributed by atoms with van der Waals surface area (Å²) < 4.78 is 0. The van der Waals surface area contributed by atoms with Crippen molar-refractivity contribution in [1.29, 1.82) is 0 Å². The number of likely N-dealkylation sites (tertiary alicyclic amines) is 1. The number of hydrogen-bond acceptors (Lipinski definition) is 6. The van der Waals surface area contributed by atoms with Gasteiger partial charge < -0.3 is 20.3 Å². The van der Waals surface area contributed by atoms with E-state index in [0.717, 1.165) is 49.3 Å². The maximum atomic E-state index is 13.2. The molecule has 238 valence electrons. The minimum atomic E-state index is -0.840. The van der Waals surface area contributed by atoms with Crippen molar-refractivity contribution in [3.05, 3.63) is 107 Å². The molecule has 1 spiro atoms. The minimum absolute atomic E-state index is 0.104. The number of nitrogens with one attached hydrogen (secondary N) is 2. The van der Waals surface area contributed by atoms with Gasteiger partial charge in [0.2, 0.25) is 5.91 Å². The number of fused-ring (bicyclic) bond motifs is 1. The highest BCUT2D eigenvalue weighted by molar-refractivity contribution is 6.30. The predicted molar refractivity (Wildman–Crippen MR) is 184 cm³/mol. The number of aliphatic imine (C=N–C) groups is 1. The monoisotopic (exact) mass is 636 g/mol. The average Bonchev–Trinajstić information content (AvgIpc) is 3.48. The van der Waals surface area contributed by atoms with E-state index in [1.54, 1.807) is 30.5 Å². The molecule has 0 radical (unpaired) electrons. The molecule has 3 atom stereocenters. The van der Waals surface area contributed by atoms with Crippen LogP contribution in [-0.4, -0.2) is 64.3 Å². The number of amides is 1. The van der Waals surface area contributed by atoms with Gasteiger partial charge in [0, 0.05) is 48.5 Å². The maximum Gasteiger partial charge on any atom is 0.240 e. The van der Waals surface area contributed by atoms with Crippen molar-refractivity contribution in [2.75, 3.05) is 37.6 Å². The fourth-order valence-electron chi connectivity index (χ4n) is 7.60. The van der Waals surface area contributed by atoms with Crippen LogP contribution in [0.3, 0.4) is 0 Å². The zero-order valence-corrected chi connectivity index (χ0v) is 27.0. The molecule has 0 saturated carbocycles. The number of piperidine rings is 2. The van der Waals surface area contributed by atoms with E-state index in [-0.39, 0.29) is 12.5 Å². The number of nitrogens with zero attached hydrogens (tertiary/aromatic N) is 4. The van der Waals surface area contributed by atoms with Crippen molar-refractivity contribution in [3.63, 3.8) is 0 Å². The number of hydrogen-bond donors (Lipinski definition) is 3. The summed E-state index contributed by atoms with van der Waals surface area (Å²) >= 11 is 6.11. The number of aryl methyl sites for hydroxylation is 1. The van der Waals surface area contributed by atoms with Crippen molar-refractivity contribution in [2.24, 2.45) is 10.4 Å². The Morgan fingerprint density at radius 3 is 2.72 bits per heavy atom. The molecule has 9 heteroatoms. The molecule has 8 nitrogen and oxygen atoms in total. The summed E-state index contributed by atoms with van der Waals surface area (Å²) in [6.07, 6.45) is 7.48. The van der Waals surface area contributed by atoms with E-state index in [2.05, 4.69) is 74.5 Å². The molecular weight excluding hydrogens is 596 g/mol. The Kier molecular flexibility index (Phi) is 8.68. The second-order valence-electron chi connectivity index (χ2n) is 13.2. The van der Waals surface area contributed by atoms with Crippen LogP contribution in [0.2, 0.25) is 5.02 Å². The van der Waals surface area contributed by atoms with Crippen LogP contribution in [0.1, 0.15) is 60.2 Å². The number of halogens is 1. The number of aliphatic hydroxyl groups excluding tert-OH is 1. The quantitative estimate of drug-likeness (QED) is 0.221. The summed E-state index contributed by atoms with van der Waals surface area (Å²) in [5.41, 5.74) is 6.96. The van der Waals surface area contributed by atoms with Crippen molar-refractivity contribution < 1.29 is 9.90 Å². The Bertz CT molecular complexity index is 1780. The van der Waals surface area contributed by atoms with E-state index in [9.17, 15) is 9.90 Å². The summed E-state index contributed by atoms with van der Waals surface area (Å²) in [5.74, 6) is -0.360. The highest BCUT2D eigenvalue weighted by atomic mass is 35.5. The number of benzene rings is 3. The third kappa shape index (κ3) is 6.47. The Hall–Kier alpha value is -3.98. The number of allylic oxidation sites excluding steroid dienone is 1. The first kappa shape index (κ1) is 30.7. The summed E-state index contributed by atoms with van der Waals surface area (Å²) in [6, 6.07) is 22.4. The molecule has 46 heavy (non-hydrogen) atoms. The van der Waals surface area contributed by atoms with Crippen LogP contribution < -0.4 is 10.2 Å². The SMILES string of the molecule is Cc1cc(N2CCCC3(CCCN(Cc4ccccc4)C3)C2)cc2[nH]c(C3C(=O)NC=CC3=NC[C@@H](O)c3cccc(Cl)c3)nc12. The number of H-pyrrole nitrogens is 1. The third-order valence-corrected chi connectivity index (χ3v) is 10.0. The van der Waals surface area contributed by atoms with Gasteiger partial charge in [0.1, 0.15) is 11.7 Å². The molecule has 2 saturated heterocycles. The molecule has 3 aromatic carbocycles. The van der Waals surface area contributed by atoms with E-state index < -0.39 is 12.0 Å². The van der Waals surface area contributed by atoms with Crippen LogP contribution in [0.5, 0.6) is 0 Å². The normalized spacial score (nSPS) is 23.7. The van der Waals surface area contributed by atoms with Gasteiger partial charge in [-0.3, -0.25) is 14.7 Å². The Labute approximate surface area is 275 Å². The van der Waals surface area contributed by atoms with Gasteiger partial charge in [-0.25, -0.2) is 4.98 Å². The average molecular weight is 637 g/mol. The summed E-state index contributed by atoms with van der Waals surface area (Å²) in [4.78, 5) is 31.4. The van der Waals surface area contributed by atoms with Gasteiger partial charge in [-0.15, -0.1) is 0 Å². The van der Waals surface area contributed by atoms with Crippen molar-refractivity contribution >= 4 is 39.9 Å². The smallest absolute Gasteiger partial charge is 0.240 e. The Morgan fingerprint density at radius 1 is 1.07 bits per heavy atom. The first-order valence-electron chi connectivity index (χ1n) is 16.3. The van der Waals surface area contributed by atoms with Gasteiger partial charge in [0.05, 0.1) is 29.4 Å². The van der Waals surface area contributed by atoms with E-state index in [4.69, 9.17) is 16.6 Å². The first-order valence-corrected chi connectivity index (χ1v) is 16.7. The number of aromatic amines is 1. The van der Waals surface area contributed by atoms with Crippen LogP contribution in [-0.2, 0) is 11.3 Å². The second-order valence-corrected chi connectivity index (χ2v) is 13.7. The van der Waals surface area contributed by atoms with E-state index in [1.807, 2.05) is 6.07 Å². The van der Waals surface area contributed by atoms with Gasteiger partial charge >= 0.3 is 0 Å². The van der Waals surface area contributed by atoms with E-state index >= 15 is 0 Å². The number of carbonyl (C=O) groups is 1. The Balaban J connectivity index is 1.11. The van der Waals surface area contributed by atoms with Gasteiger partial charge in [-0.1, -0.05) is 54.1 Å². The molecule has 2 unspecified atom stereocenters. The van der Waals surface area contributed by atoms with Gasteiger partial charge in [-0.2, -0.15) is 0 Å². The number of carbonyl (C=O) groups excluding carboxylic acids is 1. The fraction of sp³-hybridized carbons (Fsp3) is 0.378. The molecule has 3 aliphatic rings. The summed E-state index contributed by atoms with van der Waals surface area (Å²) in [5, 5.41) is 14.1. The van der Waals surface area contributed by atoms with Crippen LogP contribution >= 0.6 is 11.6 Å². The van der Waals surface area contributed by atoms with Gasteiger partial charge in [0.25, 0.3) is 0 Å². The molecule has 0 bridgehead atoms. The molecule has 4 heterocycles. The molecule has 3 aliphatic heterocycles. The maximum absolute atomic E-state index is 13.2. The van der Waals surface area contributed by atoms with Crippen LogP contribution in [0.15, 0.2) is 84.0 Å². The lowest BCUT2D eigenvalue weighted by atomic mass is 9.73. The summed E-state index contributed by atoms with van der Waals surface area (Å²) in [6.45, 7) is 7.58.